The van der Waals surface area contributed by atoms with Crippen LogP contribution in [0.3, 0.4) is 0 Å². The van der Waals surface area contributed by atoms with E-state index in [1.165, 1.54) is 0 Å². The Balaban J connectivity index is 1.57. The van der Waals surface area contributed by atoms with E-state index in [-0.39, 0.29) is 47.7 Å². The molecular formula is C35H55N3O7. The lowest BCUT2D eigenvalue weighted by atomic mass is 9.93. The van der Waals surface area contributed by atoms with Crippen LogP contribution < -0.4 is 4.74 Å². The van der Waals surface area contributed by atoms with Crippen molar-refractivity contribution in [1.82, 2.24) is 14.7 Å². The fourth-order valence-corrected chi connectivity index (χ4v) is 6.44. The molecule has 0 radical (unpaired) electrons. The number of carbonyl (C=O) groups is 3. The van der Waals surface area contributed by atoms with E-state index in [1.54, 1.807) is 12.0 Å². The first-order valence-electron chi connectivity index (χ1n) is 16.8. The molecule has 1 saturated carbocycles. The maximum absolute atomic E-state index is 14.3. The van der Waals surface area contributed by atoms with Crippen molar-refractivity contribution in [3.8, 4) is 5.75 Å². The molecule has 3 amide bonds. The van der Waals surface area contributed by atoms with Crippen LogP contribution >= 0.6 is 0 Å². The average Bonchev–Trinajstić information content (AvgIpc) is 3.51. The van der Waals surface area contributed by atoms with Crippen molar-refractivity contribution in [2.45, 2.75) is 91.3 Å². The van der Waals surface area contributed by atoms with Gasteiger partial charge >= 0.3 is 6.09 Å². The molecule has 1 aromatic rings. The van der Waals surface area contributed by atoms with Gasteiger partial charge in [0.25, 0.3) is 5.91 Å². The number of hydrogen-bond acceptors (Lipinski definition) is 7. The molecule has 252 valence electrons. The molecular weight excluding hydrogens is 574 g/mol. The van der Waals surface area contributed by atoms with Crippen LogP contribution in [-0.4, -0.2) is 110 Å². The van der Waals surface area contributed by atoms with Gasteiger partial charge in [0.15, 0.2) is 0 Å². The SMILES string of the molecule is CCc1c(OCCCOC)cccc1C(=O)N(C[C@@H]1CN(C(=O)OC(C)(C)C)C[C@H]1CN(C(=O)[C@H]1CCOC1)C1CC1)C(C)C. The van der Waals surface area contributed by atoms with Crippen LogP contribution in [0.5, 0.6) is 5.75 Å². The number of methoxy groups -OCH3 is 1. The molecule has 3 aliphatic rings. The molecule has 0 aromatic heterocycles. The largest absolute Gasteiger partial charge is 0.493 e. The lowest BCUT2D eigenvalue weighted by Crippen LogP contribution is -2.46. The first-order chi connectivity index (χ1) is 21.4. The maximum Gasteiger partial charge on any atom is 0.410 e. The van der Waals surface area contributed by atoms with E-state index in [9.17, 15) is 14.4 Å². The van der Waals surface area contributed by atoms with Crippen LogP contribution in [0.2, 0.25) is 0 Å². The fourth-order valence-electron chi connectivity index (χ4n) is 6.44. The molecule has 1 aliphatic carbocycles. The van der Waals surface area contributed by atoms with Gasteiger partial charge in [0.2, 0.25) is 5.91 Å². The molecule has 4 rings (SSSR count). The van der Waals surface area contributed by atoms with Crippen LogP contribution in [0.4, 0.5) is 4.79 Å². The zero-order chi connectivity index (χ0) is 32.7. The van der Waals surface area contributed by atoms with Gasteiger partial charge in [-0.15, -0.1) is 0 Å². The summed E-state index contributed by atoms with van der Waals surface area (Å²) in [6.45, 7) is 15.9. The van der Waals surface area contributed by atoms with Crippen molar-refractivity contribution in [3.63, 3.8) is 0 Å². The molecule has 0 bridgehead atoms. The van der Waals surface area contributed by atoms with Crippen LogP contribution in [0, 0.1) is 17.8 Å². The molecule has 3 fully saturated rings. The van der Waals surface area contributed by atoms with Gasteiger partial charge in [-0.1, -0.05) is 13.0 Å². The predicted molar refractivity (Wildman–Crippen MR) is 172 cm³/mol. The van der Waals surface area contributed by atoms with E-state index < -0.39 is 5.60 Å². The molecule has 10 nitrogen and oxygen atoms in total. The number of ether oxygens (including phenoxy) is 4. The third-order valence-electron chi connectivity index (χ3n) is 8.99. The zero-order valence-electron chi connectivity index (χ0n) is 28.5. The Kier molecular flexibility index (Phi) is 12.2. The van der Waals surface area contributed by atoms with Crippen molar-refractivity contribution in [2.75, 3.05) is 59.7 Å². The highest BCUT2D eigenvalue weighted by Gasteiger charge is 2.44. The van der Waals surface area contributed by atoms with Gasteiger partial charge < -0.3 is 33.6 Å². The quantitative estimate of drug-likeness (QED) is 0.267. The average molecular weight is 630 g/mol. The standard InChI is InChI=1S/C35H55N3O7/c1-8-29-30(11-9-12-31(29)44-17-10-16-42-7)33(40)37(24(2)3)21-26-19-36(34(41)45-35(4,5)6)20-27(26)22-38(28-13-14-28)32(39)25-15-18-43-23-25/h9,11-12,24-28H,8,10,13-23H2,1-7H3/t25-,26-,27-/m0/s1. The van der Waals surface area contributed by atoms with E-state index in [0.29, 0.717) is 64.6 Å². The Hall–Kier alpha value is -2.85. The Morgan fingerprint density at radius 3 is 2.33 bits per heavy atom. The summed E-state index contributed by atoms with van der Waals surface area (Å²) in [6.07, 6.45) is 3.85. The van der Waals surface area contributed by atoms with Gasteiger partial charge in [-0.2, -0.15) is 0 Å². The molecule has 0 spiro atoms. The second kappa shape index (κ2) is 15.6. The fraction of sp³-hybridized carbons (Fsp3) is 0.743. The first-order valence-corrected chi connectivity index (χ1v) is 16.8. The molecule has 2 saturated heterocycles. The van der Waals surface area contributed by atoms with Gasteiger partial charge in [0.05, 0.1) is 19.1 Å². The van der Waals surface area contributed by atoms with E-state index in [2.05, 4.69) is 4.90 Å². The first kappa shape index (κ1) is 35.0. The number of carbonyl (C=O) groups excluding carboxylic acids is 3. The van der Waals surface area contributed by atoms with Crippen LogP contribution in [0.25, 0.3) is 0 Å². The molecule has 0 unspecified atom stereocenters. The third kappa shape index (κ3) is 9.35. The Morgan fingerprint density at radius 2 is 1.76 bits per heavy atom. The van der Waals surface area contributed by atoms with Crippen molar-refractivity contribution < 1.29 is 33.3 Å². The summed E-state index contributed by atoms with van der Waals surface area (Å²) < 4.78 is 22.5. The molecule has 1 aromatic carbocycles. The molecule has 2 heterocycles. The zero-order valence-corrected chi connectivity index (χ0v) is 28.5. The van der Waals surface area contributed by atoms with Crippen molar-refractivity contribution in [2.24, 2.45) is 17.8 Å². The minimum absolute atomic E-state index is 0.0135. The van der Waals surface area contributed by atoms with Crippen LogP contribution in [0.1, 0.15) is 83.1 Å². The van der Waals surface area contributed by atoms with E-state index >= 15 is 0 Å². The van der Waals surface area contributed by atoms with Gasteiger partial charge in [0, 0.05) is 88.0 Å². The van der Waals surface area contributed by atoms with Crippen LogP contribution in [0.15, 0.2) is 18.2 Å². The second-order valence-electron chi connectivity index (χ2n) is 14.1. The highest BCUT2D eigenvalue weighted by molar-refractivity contribution is 5.96. The number of rotatable bonds is 14. The van der Waals surface area contributed by atoms with Crippen molar-refractivity contribution in [3.05, 3.63) is 29.3 Å². The maximum atomic E-state index is 14.3. The lowest BCUT2D eigenvalue weighted by molar-refractivity contribution is -0.137. The topological polar surface area (TPSA) is 97.9 Å². The number of hydrogen-bond donors (Lipinski definition) is 0. The molecule has 3 atom stereocenters. The Bertz CT molecular complexity index is 1160. The van der Waals surface area contributed by atoms with E-state index in [0.717, 1.165) is 37.0 Å². The summed E-state index contributed by atoms with van der Waals surface area (Å²) in [4.78, 5) is 46.9. The normalized spacial score (nSPS) is 21.7. The minimum atomic E-state index is -0.615. The summed E-state index contributed by atoms with van der Waals surface area (Å²) in [6, 6.07) is 5.87. The number of benzene rings is 1. The molecule has 45 heavy (non-hydrogen) atoms. The molecule has 2 aliphatic heterocycles. The van der Waals surface area contributed by atoms with Crippen molar-refractivity contribution in [1.29, 1.82) is 0 Å². The lowest BCUT2D eigenvalue weighted by Gasteiger charge is -2.34. The summed E-state index contributed by atoms with van der Waals surface area (Å²) in [7, 11) is 1.67. The Labute approximate surface area is 269 Å². The van der Waals surface area contributed by atoms with E-state index in [4.69, 9.17) is 18.9 Å². The summed E-state index contributed by atoms with van der Waals surface area (Å²) >= 11 is 0. The monoisotopic (exact) mass is 629 g/mol. The van der Waals surface area contributed by atoms with Gasteiger partial charge in [-0.05, 0) is 72.4 Å². The summed E-state index contributed by atoms with van der Waals surface area (Å²) in [5.74, 6) is 0.744. The van der Waals surface area contributed by atoms with Crippen molar-refractivity contribution >= 4 is 17.9 Å². The smallest absolute Gasteiger partial charge is 0.410 e. The number of likely N-dealkylation sites (tertiary alicyclic amines) is 1. The highest BCUT2D eigenvalue weighted by atomic mass is 16.6. The molecule has 10 heteroatoms. The summed E-state index contributed by atoms with van der Waals surface area (Å²) in [5, 5.41) is 0. The molecule has 0 N–H and O–H groups in total. The van der Waals surface area contributed by atoms with E-state index in [1.807, 2.05) is 64.6 Å². The van der Waals surface area contributed by atoms with Gasteiger partial charge in [0.1, 0.15) is 11.4 Å². The predicted octanol–water partition coefficient (Wildman–Crippen LogP) is 5.03. The third-order valence-corrected chi connectivity index (χ3v) is 8.99. The Morgan fingerprint density at radius 1 is 1.04 bits per heavy atom. The van der Waals surface area contributed by atoms with Gasteiger partial charge in [-0.3, -0.25) is 9.59 Å². The summed E-state index contributed by atoms with van der Waals surface area (Å²) in [5.41, 5.74) is 0.925. The number of amides is 3. The van der Waals surface area contributed by atoms with Crippen LogP contribution in [-0.2, 0) is 25.4 Å². The second-order valence-corrected chi connectivity index (χ2v) is 14.1. The van der Waals surface area contributed by atoms with Gasteiger partial charge in [-0.25, -0.2) is 4.79 Å². The highest BCUT2D eigenvalue weighted by Crippen LogP contribution is 2.35. The number of nitrogens with zero attached hydrogens (tertiary/aromatic N) is 3. The minimum Gasteiger partial charge on any atom is -0.493 e.